The average molecular weight is 958 g/mol. The maximum atomic E-state index is 16.7. The van der Waals surface area contributed by atoms with E-state index in [1.165, 1.54) is 21.4 Å². The van der Waals surface area contributed by atoms with Crippen LogP contribution in [0.2, 0.25) is 0 Å². The molecule has 3 fully saturated rings. The fraction of sp³-hybridized carbons (Fsp3) is 0.431. The number of imidazole rings is 1. The number of hydrogen-bond acceptors (Lipinski definition) is 9. The third-order valence-corrected chi connectivity index (χ3v) is 18.4. The van der Waals surface area contributed by atoms with Gasteiger partial charge in [-0.15, -0.1) is 0 Å². The lowest BCUT2D eigenvalue weighted by atomic mass is 9.83. The van der Waals surface area contributed by atoms with E-state index in [0.717, 1.165) is 42.1 Å². The summed E-state index contributed by atoms with van der Waals surface area (Å²) in [4.78, 5) is 48.0. The molecular formula is C51H53F2N9O6S. The lowest BCUT2D eigenvalue weighted by molar-refractivity contribution is -0.0592. The summed E-state index contributed by atoms with van der Waals surface area (Å²) in [5.41, 5.74) is 3.51. The molecule has 12 rings (SSSR count). The van der Waals surface area contributed by atoms with Crippen LogP contribution in [0.5, 0.6) is 0 Å². The fourth-order valence-corrected chi connectivity index (χ4v) is 14.4. The zero-order chi connectivity index (χ0) is 48.1. The van der Waals surface area contributed by atoms with Gasteiger partial charge in [-0.1, -0.05) is 18.1 Å². The van der Waals surface area contributed by atoms with Gasteiger partial charge in [0.25, 0.3) is 5.91 Å². The monoisotopic (exact) mass is 957 g/mol. The quantitative estimate of drug-likeness (QED) is 0.160. The average Bonchev–Trinajstić information content (AvgIpc) is 4.06. The maximum absolute atomic E-state index is 16.7. The summed E-state index contributed by atoms with van der Waals surface area (Å²) in [6.07, 6.45) is 7.53. The van der Waals surface area contributed by atoms with Crippen LogP contribution in [0.15, 0.2) is 84.3 Å². The summed E-state index contributed by atoms with van der Waals surface area (Å²) in [7, 11) is -2.76. The Labute approximate surface area is 396 Å². The van der Waals surface area contributed by atoms with E-state index in [2.05, 4.69) is 53.5 Å². The highest BCUT2D eigenvalue weighted by atomic mass is 32.2. The van der Waals surface area contributed by atoms with Crippen LogP contribution in [0.1, 0.15) is 122 Å². The molecule has 18 heteroatoms. The van der Waals surface area contributed by atoms with E-state index in [9.17, 15) is 13.8 Å². The number of ether oxygens (including phenoxy) is 1. The number of aryl methyl sites for hydroxylation is 2. The van der Waals surface area contributed by atoms with Crippen molar-refractivity contribution in [1.82, 2.24) is 38.5 Å². The molecule has 2 saturated carbocycles. The van der Waals surface area contributed by atoms with E-state index in [1.807, 2.05) is 17.6 Å². The van der Waals surface area contributed by atoms with Crippen molar-refractivity contribution in [3.05, 3.63) is 139 Å². The zero-order valence-electron chi connectivity index (χ0n) is 39.3. The standard InChI is InChI=1S/C51H53F2N9O6S/c1-27-21-34(22-28(2)43(27)52)62-45(60-19-18-59(49(60)65)39-11-12-41-36(44(39)53)13-16-54-69(41,66)35-8-9-35)42-30(4)58(17-14-37(42)56-62)46(63)40-24-33-23-31(32-15-20-67-50(5,6)26-32)7-10-38(33)61(40)51(25-29(51)3)47-55-48(64)68-57-47/h7,10-12,18-19,21-24,29-30,32,35H,8-9,13-17,20,25-26H2,1-6H3,(H,55,57,64)/t29-,30-,32-,51-,69-/m0/s1. The summed E-state index contributed by atoms with van der Waals surface area (Å²) in [5.74, 6) is -1.01. The van der Waals surface area contributed by atoms with Crippen LogP contribution in [0.3, 0.4) is 0 Å². The van der Waals surface area contributed by atoms with Crippen LogP contribution < -0.4 is 11.4 Å². The van der Waals surface area contributed by atoms with Crippen LogP contribution in [0.4, 0.5) is 8.78 Å². The minimum absolute atomic E-state index is 0.0117. The first-order valence-corrected chi connectivity index (χ1v) is 25.5. The van der Waals surface area contributed by atoms with E-state index in [0.29, 0.717) is 75.3 Å². The molecule has 15 nitrogen and oxygen atoms in total. The highest BCUT2D eigenvalue weighted by Crippen LogP contribution is 2.56. The third kappa shape index (κ3) is 6.64. The van der Waals surface area contributed by atoms with Crippen LogP contribution in [-0.2, 0) is 32.8 Å². The van der Waals surface area contributed by atoms with Crippen molar-refractivity contribution >= 4 is 26.5 Å². The van der Waals surface area contributed by atoms with Crippen molar-refractivity contribution in [2.24, 2.45) is 10.3 Å². The van der Waals surface area contributed by atoms with Gasteiger partial charge in [-0.05, 0) is 144 Å². The predicted octanol–water partition coefficient (Wildman–Crippen LogP) is 8.10. The van der Waals surface area contributed by atoms with Gasteiger partial charge in [0.1, 0.15) is 22.9 Å². The molecular weight excluding hydrogens is 905 g/mol. The Balaban J connectivity index is 0.991. The van der Waals surface area contributed by atoms with E-state index in [-0.39, 0.29) is 59.6 Å². The first kappa shape index (κ1) is 43.9. The molecule has 69 heavy (non-hydrogen) atoms. The van der Waals surface area contributed by atoms with E-state index >= 15 is 13.6 Å². The number of aromatic amines is 1. The summed E-state index contributed by atoms with van der Waals surface area (Å²) >= 11 is 0. The van der Waals surface area contributed by atoms with Crippen molar-refractivity contribution in [3.8, 4) is 17.2 Å². The first-order chi connectivity index (χ1) is 33.0. The molecule has 7 aromatic rings. The fourth-order valence-electron chi connectivity index (χ4n) is 11.7. The second-order valence-corrected chi connectivity index (χ2v) is 22.9. The van der Waals surface area contributed by atoms with E-state index < -0.39 is 38.6 Å². The van der Waals surface area contributed by atoms with Gasteiger partial charge in [0.15, 0.2) is 11.6 Å². The first-order valence-electron chi connectivity index (χ1n) is 23.9. The maximum Gasteiger partial charge on any atom is 0.438 e. The zero-order valence-corrected chi connectivity index (χ0v) is 40.2. The Kier molecular flexibility index (Phi) is 9.72. The minimum Gasteiger partial charge on any atom is -0.376 e. The largest absolute Gasteiger partial charge is 0.438 e. The lowest BCUT2D eigenvalue weighted by Gasteiger charge is -2.35. The van der Waals surface area contributed by atoms with Crippen LogP contribution in [0.25, 0.3) is 28.1 Å². The third-order valence-electron chi connectivity index (χ3n) is 15.5. The molecule has 7 heterocycles. The Hall–Kier alpha value is -6.40. The number of halogens is 2. The van der Waals surface area contributed by atoms with E-state index in [4.69, 9.17) is 14.4 Å². The summed E-state index contributed by atoms with van der Waals surface area (Å²) in [6.45, 7) is 12.7. The van der Waals surface area contributed by atoms with Gasteiger partial charge < -0.3 is 14.2 Å². The summed E-state index contributed by atoms with van der Waals surface area (Å²) in [6, 6.07) is 14.1. The lowest BCUT2D eigenvalue weighted by Crippen LogP contribution is -2.41. The Morgan fingerprint density at radius 2 is 1.68 bits per heavy atom. The molecule has 3 aliphatic heterocycles. The Morgan fingerprint density at radius 3 is 2.38 bits per heavy atom. The van der Waals surface area contributed by atoms with Gasteiger partial charge in [0, 0.05) is 59.2 Å². The number of H-pyrrole nitrogens is 1. The highest BCUT2D eigenvalue weighted by molar-refractivity contribution is 7.94. The molecule has 5 atom stereocenters. The number of carbonyl (C=O) groups excluding carboxylic acids is 1. The number of aromatic nitrogens is 7. The topological polar surface area (TPSA) is 168 Å². The van der Waals surface area contributed by atoms with Crippen LogP contribution in [0, 0.1) is 31.4 Å². The second kappa shape index (κ2) is 15.3. The van der Waals surface area contributed by atoms with Gasteiger partial charge in [0.05, 0.1) is 49.9 Å². The minimum atomic E-state index is -2.76. The number of nitrogens with one attached hydrogen (secondary N) is 1. The van der Waals surface area contributed by atoms with E-state index in [1.54, 1.807) is 47.8 Å². The molecule has 1 amide bonds. The number of carbonyl (C=O) groups is 1. The molecule has 0 bridgehead atoms. The molecule has 4 aromatic heterocycles. The highest BCUT2D eigenvalue weighted by Gasteiger charge is 2.59. The number of hydrogen-bond donors (Lipinski definition) is 1. The molecule has 0 radical (unpaired) electrons. The molecule has 0 unspecified atom stereocenters. The van der Waals surface area contributed by atoms with Crippen LogP contribution in [-0.4, -0.2) is 79.2 Å². The number of nitrogens with zero attached hydrogens (tertiary/aromatic N) is 8. The van der Waals surface area contributed by atoms with Gasteiger partial charge in [-0.25, -0.2) is 31.6 Å². The number of rotatable bonds is 8. The molecule has 1 saturated heterocycles. The van der Waals surface area contributed by atoms with Crippen molar-refractivity contribution in [2.45, 2.75) is 120 Å². The van der Waals surface area contributed by atoms with Crippen molar-refractivity contribution in [1.29, 1.82) is 0 Å². The number of fused-ring (bicyclic) bond motifs is 3. The summed E-state index contributed by atoms with van der Waals surface area (Å²) < 4.78 is 67.8. The number of amides is 1. The van der Waals surface area contributed by atoms with Crippen molar-refractivity contribution < 1.29 is 27.0 Å². The normalized spacial score (nSPS) is 25.1. The van der Waals surface area contributed by atoms with Crippen molar-refractivity contribution in [3.63, 3.8) is 0 Å². The van der Waals surface area contributed by atoms with Crippen LogP contribution >= 0.6 is 0 Å². The second-order valence-electron chi connectivity index (χ2n) is 20.4. The summed E-state index contributed by atoms with van der Waals surface area (Å²) in [5, 5.41) is 10.1. The predicted molar refractivity (Wildman–Crippen MR) is 253 cm³/mol. The molecule has 3 aromatic carbocycles. The van der Waals surface area contributed by atoms with Gasteiger partial charge in [0.2, 0.25) is 0 Å². The van der Waals surface area contributed by atoms with Crippen molar-refractivity contribution in [2.75, 3.05) is 19.7 Å². The molecule has 5 aliphatic rings. The van der Waals surface area contributed by atoms with Gasteiger partial charge in [-0.2, -0.15) is 5.10 Å². The molecule has 0 spiro atoms. The SMILES string of the molecule is Cc1cc(-n2nc3c(c2-n2ccn(-c4ccc5c(c4F)CCN=[S@]5(=O)C4CC4)c2=O)[C@H](C)N(C(=O)c2cc4cc([C@H]5CCOC(C)(C)C5)ccc4n2[C@@]2(c4noc(=O)[nH]4)C[C@@H]2C)CC3)cc(C)c1F. The molecule has 358 valence electrons. The van der Waals surface area contributed by atoms with Gasteiger partial charge >= 0.3 is 11.4 Å². The Morgan fingerprint density at radius 1 is 0.928 bits per heavy atom. The smallest absolute Gasteiger partial charge is 0.376 e. The molecule has 1 N–H and O–H groups in total. The molecule has 2 aliphatic carbocycles. The Bertz CT molecular complexity index is 3560. The number of benzene rings is 3. The van der Waals surface area contributed by atoms with Gasteiger partial charge in [-0.3, -0.25) is 23.4 Å².